The summed E-state index contributed by atoms with van der Waals surface area (Å²) in [6.07, 6.45) is 3.17. The van der Waals surface area contributed by atoms with Gasteiger partial charge in [0.15, 0.2) is 0 Å². The third-order valence-electron chi connectivity index (χ3n) is 3.10. The Kier molecular flexibility index (Phi) is 3.31. The lowest BCUT2D eigenvalue weighted by atomic mass is 10.2. The minimum atomic E-state index is -3.61. The summed E-state index contributed by atoms with van der Waals surface area (Å²) in [5.41, 5.74) is 2.52. The van der Waals surface area contributed by atoms with Gasteiger partial charge in [0.1, 0.15) is 0 Å². The lowest BCUT2D eigenvalue weighted by molar-refractivity contribution is 0.600. The maximum atomic E-state index is 12.4. The number of nitrogens with zero attached hydrogens (tertiary/aromatic N) is 2. The normalized spacial score (nSPS) is 11.5. The molecule has 3 aromatic rings. The summed E-state index contributed by atoms with van der Waals surface area (Å²) in [6.45, 7) is 1.76. The van der Waals surface area contributed by atoms with Crippen molar-refractivity contribution in [1.29, 1.82) is 0 Å². The van der Waals surface area contributed by atoms with Crippen LogP contribution < -0.4 is 4.72 Å². The third-order valence-corrected chi connectivity index (χ3v) is 4.65. The first kappa shape index (κ1) is 13.5. The molecule has 0 unspecified atom stereocenters. The zero-order chi connectivity index (χ0) is 14.9. The van der Waals surface area contributed by atoms with Crippen molar-refractivity contribution in [2.24, 2.45) is 0 Å². The highest BCUT2D eigenvalue weighted by atomic mass is 32.2. The smallest absolute Gasteiger partial charge is 0.262 e. The molecular formula is C15H13N3O2S. The highest BCUT2D eigenvalue weighted by Crippen LogP contribution is 2.21. The van der Waals surface area contributed by atoms with Crippen molar-refractivity contribution in [2.75, 3.05) is 4.72 Å². The number of rotatable bonds is 3. The summed E-state index contributed by atoms with van der Waals surface area (Å²) in [7, 11) is -3.61. The highest BCUT2D eigenvalue weighted by molar-refractivity contribution is 7.92. The van der Waals surface area contributed by atoms with E-state index in [1.807, 2.05) is 0 Å². The summed E-state index contributed by atoms with van der Waals surface area (Å²) < 4.78 is 27.4. The molecule has 1 aromatic heterocycles. The zero-order valence-corrected chi connectivity index (χ0v) is 12.1. The molecule has 0 fully saturated rings. The number of anilines is 1. The largest absolute Gasteiger partial charge is 0.280 e. The Bertz CT molecular complexity index is 907. The van der Waals surface area contributed by atoms with Gasteiger partial charge in [0.25, 0.3) is 10.0 Å². The molecule has 0 aliphatic rings. The lowest BCUT2D eigenvalue weighted by Gasteiger charge is -2.10. The molecule has 21 heavy (non-hydrogen) atoms. The van der Waals surface area contributed by atoms with Crippen molar-refractivity contribution < 1.29 is 8.42 Å². The maximum absolute atomic E-state index is 12.4. The van der Waals surface area contributed by atoms with E-state index in [1.165, 1.54) is 0 Å². The Morgan fingerprint density at radius 2 is 1.67 bits per heavy atom. The summed E-state index contributed by atoms with van der Waals surface area (Å²) in [5, 5.41) is 0. The lowest BCUT2D eigenvalue weighted by Crippen LogP contribution is -2.14. The second kappa shape index (κ2) is 5.14. The molecule has 106 valence electrons. The second-order valence-electron chi connectivity index (χ2n) is 4.63. The molecule has 0 saturated carbocycles. The van der Waals surface area contributed by atoms with Gasteiger partial charge in [0.2, 0.25) is 0 Å². The molecule has 0 spiro atoms. The van der Waals surface area contributed by atoms with Gasteiger partial charge < -0.3 is 0 Å². The average Bonchev–Trinajstić information content (AvgIpc) is 2.47. The predicted octanol–water partition coefficient (Wildman–Crippen LogP) is 2.74. The first-order valence-corrected chi connectivity index (χ1v) is 7.84. The molecule has 6 heteroatoms. The van der Waals surface area contributed by atoms with Gasteiger partial charge in [-0.2, -0.15) is 0 Å². The van der Waals surface area contributed by atoms with Gasteiger partial charge in [-0.3, -0.25) is 14.7 Å². The van der Waals surface area contributed by atoms with Gasteiger partial charge in [-0.25, -0.2) is 8.42 Å². The van der Waals surface area contributed by atoms with E-state index in [-0.39, 0.29) is 4.90 Å². The van der Waals surface area contributed by atoms with Crippen molar-refractivity contribution in [1.82, 2.24) is 9.97 Å². The zero-order valence-electron chi connectivity index (χ0n) is 11.3. The number of benzene rings is 2. The fourth-order valence-electron chi connectivity index (χ4n) is 2.09. The molecule has 0 amide bonds. The summed E-state index contributed by atoms with van der Waals surface area (Å²) in [4.78, 5) is 8.58. The average molecular weight is 299 g/mol. The monoisotopic (exact) mass is 299 g/mol. The number of hydrogen-bond acceptors (Lipinski definition) is 4. The predicted molar refractivity (Wildman–Crippen MR) is 81.5 cm³/mol. The van der Waals surface area contributed by atoms with E-state index in [1.54, 1.807) is 61.8 Å². The Labute approximate surface area is 122 Å². The Morgan fingerprint density at radius 3 is 2.43 bits per heavy atom. The summed E-state index contributed by atoms with van der Waals surface area (Å²) in [6, 6.07) is 11.9. The van der Waals surface area contributed by atoms with Crippen molar-refractivity contribution in [2.45, 2.75) is 11.8 Å². The van der Waals surface area contributed by atoms with E-state index in [2.05, 4.69) is 14.7 Å². The molecule has 0 radical (unpaired) electrons. The van der Waals surface area contributed by atoms with Crippen molar-refractivity contribution in [3.8, 4) is 0 Å². The number of hydrogen-bond donors (Lipinski definition) is 1. The van der Waals surface area contributed by atoms with Crippen LogP contribution in [0.25, 0.3) is 11.0 Å². The molecule has 0 atom stereocenters. The van der Waals surface area contributed by atoms with Crippen molar-refractivity contribution in [3.63, 3.8) is 0 Å². The molecule has 2 aromatic carbocycles. The van der Waals surface area contributed by atoms with E-state index in [9.17, 15) is 8.42 Å². The van der Waals surface area contributed by atoms with Crippen LogP contribution in [0, 0.1) is 6.92 Å². The molecule has 0 saturated heterocycles. The Morgan fingerprint density at radius 1 is 0.952 bits per heavy atom. The fourth-order valence-corrected chi connectivity index (χ4v) is 3.39. The van der Waals surface area contributed by atoms with E-state index in [0.29, 0.717) is 16.8 Å². The molecule has 3 rings (SSSR count). The first-order valence-electron chi connectivity index (χ1n) is 6.35. The van der Waals surface area contributed by atoms with Crippen LogP contribution in [0.5, 0.6) is 0 Å². The first-order chi connectivity index (χ1) is 10.1. The molecule has 0 aliphatic heterocycles. The minimum absolute atomic E-state index is 0.268. The fraction of sp³-hybridized carbons (Fsp3) is 0.0667. The molecule has 1 heterocycles. The quantitative estimate of drug-likeness (QED) is 0.807. The van der Waals surface area contributed by atoms with E-state index >= 15 is 0 Å². The highest BCUT2D eigenvalue weighted by Gasteiger charge is 2.16. The van der Waals surface area contributed by atoms with Gasteiger partial charge >= 0.3 is 0 Å². The van der Waals surface area contributed by atoms with Gasteiger partial charge in [-0.05, 0) is 36.8 Å². The van der Waals surface area contributed by atoms with Crippen LogP contribution in [0.2, 0.25) is 0 Å². The van der Waals surface area contributed by atoms with E-state index < -0.39 is 10.0 Å². The number of nitrogens with one attached hydrogen (secondary N) is 1. The molecule has 5 nitrogen and oxygen atoms in total. The van der Waals surface area contributed by atoms with Gasteiger partial charge in [-0.15, -0.1) is 0 Å². The number of fused-ring (bicyclic) bond motifs is 1. The van der Waals surface area contributed by atoms with Crippen molar-refractivity contribution in [3.05, 3.63) is 60.4 Å². The SMILES string of the molecule is Cc1ccccc1S(=O)(=O)Nc1ccc2nccnc2c1. The van der Waals surface area contributed by atoms with Crippen molar-refractivity contribution >= 4 is 26.7 Å². The van der Waals surface area contributed by atoms with Crippen LogP contribution in [0.1, 0.15) is 5.56 Å². The standard InChI is InChI=1S/C15H13N3O2S/c1-11-4-2-3-5-15(11)21(19,20)18-12-6-7-13-14(10-12)17-9-8-16-13/h2-10,18H,1H3. The topological polar surface area (TPSA) is 72.0 Å². The van der Waals surface area contributed by atoms with Crippen LogP contribution in [0.15, 0.2) is 59.8 Å². The molecule has 0 bridgehead atoms. The number of aromatic nitrogens is 2. The third kappa shape index (κ3) is 2.71. The van der Waals surface area contributed by atoms with Gasteiger partial charge in [0.05, 0.1) is 21.6 Å². The van der Waals surface area contributed by atoms with Crippen LogP contribution in [0.3, 0.4) is 0 Å². The maximum Gasteiger partial charge on any atom is 0.262 e. The number of aryl methyl sites for hydroxylation is 1. The molecule has 0 aliphatic carbocycles. The second-order valence-corrected chi connectivity index (χ2v) is 6.28. The van der Waals surface area contributed by atoms with Crippen LogP contribution >= 0.6 is 0 Å². The van der Waals surface area contributed by atoms with E-state index in [0.717, 1.165) is 5.52 Å². The Balaban J connectivity index is 1.99. The van der Waals surface area contributed by atoms with Crippen LogP contribution in [0.4, 0.5) is 5.69 Å². The van der Waals surface area contributed by atoms with E-state index in [4.69, 9.17) is 0 Å². The minimum Gasteiger partial charge on any atom is -0.280 e. The number of sulfonamides is 1. The van der Waals surface area contributed by atoms with Crippen LogP contribution in [-0.4, -0.2) is 18.4 Å². The van der Waals surface area contributed by atoms with Gasteiger partial charge in [0, 0.05) is 12.4 Å². The molecular weight excluding hydrogens is 286 g/mol. The van der Waals surface area contributed by atoms with Gasteiger partial charge in [-0.1, -0.05) is 18.2 Å². The Hall–Kier alpha value is -2.47. The summed E-state index contributed by atoms with van der Waals surface area (Å²) in [5.74, 6) is 0. The van der Waals surface area contributed by atoms with Crippen LogP contribution in [-0.2, 0) is 10.0 Å². The molecule has 1 N–H and O–H groups in total. The summed E-state index contributed by atoms with van der Waals surface area (Å²) >= 11 is 0.